The van der Waals surface area contributed by atoms with Crippen molar-refractivity contribution in [1.82, 2.24) is 5.43 Å². The van der Waals surface area contributed by atoms with Crippen LogP contribution in [0.4, 0.5) is 0 Å². The first-order chi connectivity index (χ1) is 5.27. The third-order valence-electron chi connectivity index (χ3n) is 1.54. The molecule has 0 amide bonds. The van der Waals surface area contributed by atoms with E-state index in [4.69, 9.17) is 5.84 Å². The van der Waals surface area contributed by atoms with Crippen molar-refractivity contribution < 1.29 is 0 Å². The molecule has 1 heterocycles. The standard InChI is InChI=1S/C7H11BrN2S/c1-2-6(10-9)7-3-5(8)4-11-7/h3-4,6,10H,2,9H2,1H3. The van der Waals surface area contributed by atoms with E-state index in [1.54, 1.807) is 11.3 Å². The number of rotatable bonds is 3. The molecule has 0 bridgehead atoms. The molecule has 1 aromatic rings. The Balaban J connectivity index is 2.73. The van der Waals surface area contributed by atoms with Gasteiger partial charge in [0.15, 0.2) is 0 Å². The molecule has 1 rings (SSSR count). The first-order valence-corrected chi connectivity index (χ1v) is 5.15. The van der Waals surface area contributed by atoms with Crippen LogP contribution in [0.1, 0.15) is 24.3 Å². The molecule has 11 heavy (non-hydrogen) atoms. The summed E-state index contributed by atoms with van der Waals surface area (Å²) in [4.78, 5) is 1.28. The van der Waals surface area contributed by atoms with E-state index in [0.29, 0.717) is 6.04 Å². The Bertz CT molecular complexity index is 220. The van der Waals surface area contributed by atoms with Crippen molar-refractivity contribution in [3.05, 3.63) is 20.8 Å². The summed E-state index contributed by atoms with van der Waals surface area (Å²) in [6, 6.07) is 2.39. The number of nitrogens with one attached hydrogen (secondary N) is 1. The highest BCUT2D eigenvalue weighted by atomic mass is 79.9. The van der Waals surface area contributed by atoms with Gasteiger partial charge in [0.2, 0.25) is 0 Å². The lowest BCUT2D eigenvalue weighted by Gasteiger charge is -2.09. The Morgan fingerprint density at radius 2 is 2.55 bits per heavy atom. The fourth-order valence-electron chi connectivity index (χ4n) is 0.912. The number of thiophene rings is 1. The van der Waals surface area contributed by atoms with Crippen molar-refractivity contribution in [2.75, 3.05) is 0 Å². The summed E-state index contributed by atoms with van der Waals surface area (Å²) in [6.07, 6.45) is 1.02. The van der Waals surface area contributed by atoms with Gasteiger partial charge in [-0.25, -0.2) is 0 Å². The van der Waals surface area contributed by atoms with Gasteiger partial charge in [0.1, 0.15) is 0 Å². The SMILES string of the molecule is CCC(NN)c1cc(Br)cs1. The highest BCUT2D eigenvalue weighted by molar-refractivity contribution is 9.10. The molecular weight excluding hydrogens is 224 g/mol. The Kier molecular flexibility index (Phi) is 3.51. The van der Waals surface area contributed by atoms with Crippen LogP contribution < -0.4 is 11.3 Å². The van der Waals surface area contributed by atoms with Crippen molar-refractivity contribution in [3.8, 4) is 0 Å². The average molecular weight is 235 g/mol. The highest BCUT2D eigenvalue weighted by Gasteiger charge is 2.08. The summed E-state index contributed by atoms with van der Waals surface area (Å²) < 4.78 is 1.13. The number of halogens is 1. The van der Waals surface area contributed by atoms with Crippen LogP contribution >= 0.6 is 27.3 Å². The minimum absolute atomic E-state index is 0.297. The monoisotopic (exact) mass is 234 g/mol. The van der Waals surface area contributed by atoms with E-state index in [9.17, 15) is 0 Å². The lowest BCUT2D eigenvalue weighted by Crippen LogP contribution is -2.26. The molecule has 0 saturated carbocycles. The van der Waals surface area contributed by atoms with Crippen molar-refractivity contribution >= 4 is 27.3 Å². The third kappa shape index (κ3) is 2.27. The molecule has 0 aromatic carbocycles. The number of hydrogen-bond acceptors (Lipinski definition) is 3. The van der Waals surface area contributed by atoms with Crippen LogP contribution in [0.3, 0.4) is 0 Å². The van der Waals surface area contributed by atoms with Crippen molar-refractivity contribution in [2.24, 2.45) is 5.84 Å². The summed E-state index contributed by atoms with van der Waals surface area (Å²) >= 11 is 5.12. The van der Waals surface area contributed by atoms with Gasteiger partial charge in [-0.05, 0) is 28.4 Å². The molecule has 0 radical (unpaired) electrons. The van der Waals surface area contributed by atoms with E-state index < -0.39 is 0 Å². The van der Waals surface area contributed by atoms with Crippen LogP contribution in [0.15, 0.2) is 15.9 Å². The second kappa shape index (κ2) is 4.21. The minimum atomic E-state index is 0.297. The molecule has 0 fully saturated rings. The van der Waals surface area contributed by atoms with Gasteiger partial charge < -0.3 is 0 Å². The Morgan fingerprint density at radius 1 is 1.82 bits per heavy atom. The summed E-state index contributed by atoms with van der Waals surface area (Å²) in [6.45, 7) is 2.11. The van der Waals surface area contributed by atoms with E-state index in [1.807, 2.05) is 0 Å². The van der Waals surface area contributed by atoms with Gasteiger partial charge in [-0.2, -0.15) is 0 Å². The van der Waals surface area contributed by atoms with Crippen molar-refractivity contribution in [2.45, 2.75) is 19.4 Å². The summed E-state index contributed by atoms with van der Waals surface area (Å²) in [5, 5.41) is 2.06. The molecule has 0 spiro atoms. The maximum atomic E-state index is 5.37. The van der Waals surface area contributed by atoms with Crippen LogP contribution in [-0.2, 0) is 0 Å². The lowest BCUT2D eigenvalue weighted by molar-refractivity contribution is 0.547. The van der Waals surface area contributed by atoms with Crippen LogP contribution in [0.2, 0.25) is 0 Å². The largest absolute Gasteiger partial charge is 0.271 e. The summed E-state index contributed by atoms with van der Waals surface area (Å²) in [7, 11) is 0. The van der Waals surface area contributed by atoms with E-state index >= 15 is 0 Å². The van der Waals surface area contributed by atoms with Crippen LogP contribution in [0.25, 0.3) is 0 Å². The number of hydrazine groups is 1. The zero-order chi connectivity index (χ0) is 8.27. The van der Waals surface area contributed by atoms with Crippen LogP contribution in [-0.4, -0.2) is 0 Å². The second-order valence-electron chi connectivity index (χ2n) is 2.29. The Labute approximate surface area is 78.9 Å². The van der Waals surface area contributed by atoms with Gasteiger partial charge in [0, 0.05) is 14.7 Å². The first kappa shape index (κ1) is 9.19. The van der Waals surface area contributed by atoms with Crippen molar-refractivity contribution in [3.63, 3.8) is 0 Å². The number of nitrogens with two attached hydrogens (primary N) is 1. The molecule has 1 atom stereocenters. The highest BCUT2D eigenvalue weighted by Crippen LogP contribution is 2.26. The topological polar surface area (TPSA) is 38.0 Å². The minimum Gasteiger partial charge on any atom is -0.271 e. The molecule has 4 heteroatoms. The predicted molar refractivity (Wildman–Crippen MR) is 52.4 cm³/mol. The first-order valence-electron chi connectivity index (χ1n) is 3.48. The maximum Gasteiger partial charge on any atom is 0.0551 e. The molecule has 1 aromatic heterocycles. The lowest BCUT2D eigenvalue weighted by atomic mass is 10.2. The van der Waals surface area contributed by atoms with E-state index in [1.165, 1.54) is 4.88 Å². The molecule has 3 N–H and O–H groups in total. The van der Waals surface area contributed by atoms with Crippen LogP contribution in [0.5, 0.6) is 0 Å². The normalized spacial score (nSPS) is 13.4. The Hall–Kier alpha value is 0.1000. The van der Waals surface area contributed by atoms with E-state index in [2.05, 4.69) is 39.7 Å². The summed E-state index contributed by atoms with van der Waals surface area (Å²) in [5.41, 5.74) is 2.77. The van der Waals surface area contributed by atoms with Gasteiger partial charge >= 0.3 is 0 Å². The van der Waals surface area contributed by atoms with Gasteiger partial charge in [-0.3, -0.25) is 11.3 Å². The average Bonchev–Trinajstić information content (AvgIpc) is 2.39. The smallest absolute Gasteiger partial charge is 0.0551 e. The second-order valence-corrected chi connectivity index (χ2v) is 4.15. The summed E-state index contributed by atoms with van der Waals surface area (Å²) in [5.74, 6) is 5.37. The molecule has 1 unspecified atom stereocenters. The zero-order valence-corrected chi connectivity index (χ0v) is 8.71. The molecule has 0 aliphatic carbocycles. The van der Waals surface area contributed by atoms with Gasteiger partial charge in [0.05, 0.1) is 6.04 Å². The third-order valence-corrected chi connectivity index (χ3v) is 3.35. The van der Waals surface area contributed by atoms with Gasteiger partial charge in [-0.1, -0.05) is 6.92 Å². The molecule has 0 aliphatic rings. The quantitative estimate of drug-likeness (QED) is 0.623. The fourth-order valence-corrected chi connectivity index (χ4v) is 2.50. The molecule has 2 nitrogen and oxygen atoms in total. The molecule has 0 aliphatic heterocycles. The zero-order valence-electron chi connectivity index (χ0n) is 6.30. The Morgan fingerprint density at radius 3 is 2.91 bits per heavy atom. The maximum absolute atomic E-state index is 5.37. The fraction of sp³-hybridized carbons (Fsp3) is 0.429. The number of hydrogen-bond donors (Lipinski definition) is 2. The van der Waals surface area contributed by atoms with E-state index in [-0.39, 0.29) is 0 Å². The van der Waals surface area contributed by atoms with Crippen molar-refractivity contribution in [1.29, 1.82) is 0 Å². The predicted octanol–water partition coefficient (Wildman–Crippen LogP) is 2.42. The van der Waals surface area contributed by atoms with Gasteiger partial charge in [-0.15, -0.1) is 11.3 Å². The van der Waals surface area contributed by atoms with E-state index in [0.717, 1.165) is 10.9 Å². The molecular formula is C7H11BrN2S. The van der Waals surface area contributed by atoms with Crippen LogP contribution in [0, 0.1) is 0 Å². The molecule has 62 valence electrons. The molecule has 0 saturated heterocycles. The van der Waals surface area contributed by atoms with Gasteiger partial charge in [0.25, 0.3) is 0 Å².